The third-order valence-corrected chi connectivity index (χ3v) is 7.05. The molecule has 5 rings (SSSR count). The van der Waals surface area contributed by atoms with Gasteiger partial charge < -0.3 is 20.1 Å². The monoisotopic (exact) mass is 534 g/mol. The smallest absolute Gasteiger partial charge is 0.310 e. The molecule has 2 aromatic rings. The minimum atomic E-state index is -0.991. The van der Waals surface area contributed by atoms with Gasteiger partial charge in [0.05, 0.1) is 13.0 Å². The molecule has 3 aliphatic rings. The molecular weight excluding hydrogens is 504 g/mol. The number of nitrogens with one attached hydrogen (secondary N) is 2. The number of hydrazine groups is 1. The predicted molar refractivity (Wildman–Crippen MR) is 136 cm³/mol. The third kappa shape index (κ3) is 5.93. The van der Waals surface area contributed by atoms with Gasteiger partial charge >= 0.3 is 5.97 Å². The van der Waals surface area contributed by atoms with Crippen LogP contribution in [0, 0.1) is 0 Å². The number of esters is 1. The van der Waals surface area contributed by atoms with Gasteiger partial charge in [-0.1, -0.05) is 48.5 Å². The number of cyclic esters (lactones) is 1. The zero-order valence-corrected chi connectivity index (χ0v) is 21.3. The van der Waals surface area contributed by atoms with Gasteiger partial charge in [-0.3, -0.25) is 29.0 Å². The first kappa shape index (κ1) is 26.4. The van der Waals surface area contributed by atoms with E-state index in [1.54, 1.807) is 30.3 Å². The quantitative estimate of drug-likeness (QED) is 0.511. The summed E-state index contributed by atoms with van der Waals surface area (Å²) in [6.45, 7) is 0.478. The Hall–Kier alpha value is -4.25. The molecule has 2 aromatic carbocycles. The highest BCUT2D eigenvalue weighted by molar-refractivity contribution is 5.99. The second-order valence-electron chi connectivity index (χ2n) is 9.76. The fourth-order valence-electron chi connectivity index (χ4n) is 5.07. The van der Waals surface area contributed by atoms with E-state index in [0.29, 0.717) is 24.9 Å². The molecule has 0 saturated carbocycles. The number of carbonyl (C=O) groups is 5. The molecule has 3 aliphatic heterocycles. The van der Waals surface area contributed by atoms with Crippen LogP contribution in [0.2, 0.25) is 0 Å². The van der Waals surface area contributed by atoms with Gasteiger partial charge in [-0.15, -0.1) is 0 Å². The molecule has 4 amide bonds. The van der Waals surface area contributed by atoms with E-state index in [0.717, 1.165) is 5.56 Å². The van der Waals surface area contributed by atoms with Gasteiger partial charge in [0.15, 0.2) is 0 Å². The van der Waals surface area contributed by atoms with Crippen LogP contribution in [0.4, 0.5) is 0 Å². The van der Waals surface area contributed by atoms with E-state index in [9.17, 15) is 24.0 Å². The maximum atomic E-state index is 13.7. The Morgan fingerprint density at radius 2 is 1.67 bits per heavy atom. The summed E-state index contributed by atoms with van der Waals surface area (Å²) in [5, 5.41) is 8.03. The van der Waals surface area contributed by atoms with E-state index in [1.165, 1.54) is 10.0 Å². The Morgan fingerprint density at radius 1 is 0.949 bits per heavy atom. The number of hydrogen-bond acceptors (Lipinski definition) is 7. The van der Waals surface area contributed by atoms with Crippen molar-refractivity contribution in [3.05, 3.63) is 71.8 Å². The van der Waals surface area contributed by atoms with Gasteiger partial charge in [-0.05, 0) is 37.0 Å². The van der Waals surface area contributed by atoms with Gasteiger partial charge in [-0.25, -0.2) is 5.01 Å². The molecule has 4 atom stereocenters. The maximum absolute atomic E-state index is 13.7. The zero-order valence-electron chi connectivity index (χ0n) is 21.3. The number of fused-ring (bicyclic) bond motifs is 1. The molecule has 11 heteroatoms. The van der Waals surface area contributed by atoms with Crippen LogP contribution in [0.3, 0.4) is 0 Å². The fraction of sp³-hybridized carbons (Fsp3) is 0.393. The van der Waals surface area contributed by atoms with Crippen LogP contribution in [0.1, 0.15) is 48.0 Å². The van der Waals surface area contributed by atoms with Crippen LogP contribution >= 0.6 is 0 Å². The third-order valence-electron chi connectivity index (χ3n) is 7.05. The van der Waals surface area contributed by atoms with Crippen molar-refractivity contribution in [3.63, 3.8) is 0 Å². The lowest BCUT2D eigenvalue weighted by molar-refractivity contribution is -0.177. The summed E-state index contributed by atoms with van der Waals surface area (Å²) >= 11 is 0. The highest BCUT2D eigenvalue weighted by Gasteiger charge is 2.46. The largest absolute Gasteiger partial charge is 0.433 e. The number of carbonyl (C=O) groups excluding carboxylic acids is 5. The lowest BCUT2D eigenvalue weighted by Crippen LogP contribution is -2.64. The van der Waals surface area contributed by atoms with Crippen LogP contribution in [0.5, 0.6) is 0 Å². The Morgan fingerprint density at radius 3 is 2.41 bits per heavy atom. The maximum Gasteiger partial charge on any atom is 0.310 e. The molecule has 11 nitrogen and oxygen atoms in total. The molecular formula is C28H30N4O7. The second-order valence-corrected chi connectivity index (χ2v) is 9.76. The molecule has 2 N–H and O–H groups in total. The van der Waals surface area contributed by atoms with Gasteiger partial charge in [0.2, 0.25) is 18.1 Å². The SMILES string of the molecule is O=C1C[C@H](NC(=O)[C@@H]2CCCN3C(=O)CCC(NC(=O)c4ccccc4)C(=O)N23)C(OCc2ccccc2)O1. The van der Waals surface area contributed by atoms with E-state index >= 15 is 0 Å². The summed E-state index contributed by atoms with van der Waals surface area (Å²) in [7, 11) is 0. The summed E-state index contributed by atoms with van der Waals surface area (Å²) in [4.78, 5) is 64.9. The number of ether oxygens (including phenoxy) is 2. The lowest BCUT2D eigenvalue weighted by atomic mass is 10.0. The number of hydrogen-bond donors (Lipinski definition) is 2. The fourth-order valence-corrected chi connectivity index (χ4v) is 5.07. The van der Waals surface area contributed by atoms with Crippen LogP contribution in [0.15, 0.2) is 60.7 Å². The molecule has 0 bridgehead atoms. The predicted octanol–water partition coefficient (Wildman–Crippen LogP) is 1.29. The molecule has 0 aromatic heterocycles. The summed E-state index contributed by atoms with van der Waals surface area (Å²) < 4.78 is 11.1. The van der Waals surface area contributed by atoms with E-state index < -0.39 is 48.1 Å². The molecule has 3 fully saturated rings. The topological polar surface area (TPSA) is 134 Å². The van der Waals surface area contributed by atoms with Gasteiger partial charge in [-0.2, -0.15) is 0 Å². The number of nitrogens with zero attached hydrogens (tertiary/aromatic N) is 2. The Labute approximate surface area is 225 Å². The summed E-state index contributed by atoms with van der Waals surface area (Å²) in [5.41, 5.74) is 1.27. The van der Waals surface area contributed by atoms with E-state index in [-0.39, 0.29) is 31.8 Å². The van der Waals surface area contributed by atoms with Crippen molar-refractivity contribution in [1.29, 1.82) is 0 Å². The Bertz CT molecular complexity index is 1240. The van der Waals surface area contributed by atoms with Crippen molar-refractivity contribution in [3.8, 4) is 0 Å². The van der Waals surface area contributed by atoms with E-state index in [2.05, 4.69) is 10.6 Å². The zero-order chi connectivity index (χ0) is 27.4. The van der Waals surface area contributed by atoms with Crippen LogP contribution < -0.4 is 10.6 Å². The van der Waals surface area contributed by atoms with Crippen molar-refractivity contribution >= 4 is 29.6 Å². The Kier molecular flexibility index (Phi) is 7.87. The number of benzene rings is 2. The molecule has 0 radical (unpaired) electrons. The first-order valence-corrected chi connectivity index (χ1v) is 13.1. The first-order chi connectivity index (χ1) is 18.9. The van der Waals surface area contributed by atoms with Crippen LogP contribution in [0.25, 0.3) is 0 Å². The highest BCUT2D eigenvalue weighted by atomic mass is 16.7. The first-order valence-electron chi connectivity index (χ1n) is 13.1. The van der Waals surface area contributed by atoms with Crippen LogP contribution in [-0.4, -0.2) is 70.6 Å². The molecule has 0 aliphatic carbocycles. The van der Waals surface area contributed by atoms with E-state index in [4.69, 9.17) is 9.47 Å². The lowest BCUT2D eigenvalue weighted by Gasteiger charge is -2.43. The van der Waals surface area contributed by atoms with Crippen LogP contribution in [-0.2, 0) is 35.3 Å². The molecule has 2 unspecified atom stereocenters. The minimum Gasteiger partial charge on any atom is -0.433 e. The summed E-state index contributed by atoms with van der Waals surface area (Å²) in [6.07, 6.45) is -0.0555. The number of rotatable bonds is 7. The normalized spacial score (nSPS) is 25.0. The number of amides is 4. The highest BCUT2D eigenvalue weighted by Crippen LogP contribution is 2.26. The Balaban J connectivity index is 1.29. The molecule has 39 heavy (non-hydrogen) atoms. The summed E-state index contributed by atoms with van der Waals surface area (Å²) in [6, 6.07) is 15.1. The van der Waals surface area contributed by atoms with Crippen molar-refractivity contribution in [2.24, 2.45) is 0 Å². The molecule has 3 heterocycles. The van der Waals surface area contributed by atoms with Crippen molar-refractivity contribution < 1.29 is 33.4 Å². The molecule has 0 spiro atoms. The van der Waals surface area contributed by atoms with Crippen molar-refractivity contribution in [2.75, 3.05) is 6.54 Å². The second kappa shape index (κ2) is 11.6. The minimum absolute atomic E-state index is 0.0523. The molecule has 3 saturated heterocycles. The summed E-state index contributed by atoms with van der Waals surface area (Å²) in [5.74, 6) is -2.28. The average molecular weight is 535 g/mol. The van der Waals surface area contributed by atoms with Crippen molar-refractivity contribution in [2.45, 2.75) is 63.1 Å². The standard InChI is InChI=1S/C28H30N4O7/c33-23-14-13-20(29-25(35)19-10-5-2-6-11-19)27(37)32-22(12-7-15-31(23)32)26(36)30-21-16-24(34)39-28(21)38-17-18-8-3-1-4-9-18/h1-6,8-11,20-22,28H,7,12-17H2,(H,29,35)(H,30,36)/t20?,21-,22-,28?/m0/s1. The van der Waals surface area contributed by atoms with Gasteiger partial charge in [0, 0.05) is 18.5 Å². The van der Waals surface area contributed by atoms with Gasteiger partial charge in [0.1, 0.15) is 18.1 Å². The van der Waals surface area contributed by atoms with Crippen molar-refractivity contribution in [1.82, 2.24) is 20.7 Å². The molecule has 204 valence electrons. The average Bonchev–Trinajstić information content (AvgIpc) is 3.26. The van der Waals surface area contributed by atoms with E-state index in [1.807, 2.05) is 30.3 Å². The van der Waals surface area contributed by atoms with Gasteiger partial charge in [0.25, 0.3) is 11.8 Å².